The van der Waals surface area contributed by atoms with Crippen LogP contribution in [0, 0.1) is 0 Å². The third-order valence-corrected chi connectivity index (χ3v) is 1.23. The van der Waals surface area contributed by atoms with E-state index in [4.69, 9.17) is 10.8 Å². The quantitative estimate of drug-likeness (QED) is 0.597. The van der Waals surface area contributed by atoms with Crippen LogP contribution in [0.5, 0.6) is 0 Å². The molecular formula is C6H8ClN3O3. The van der Waals surface area contributed by atoms with Crippen molar-refractivity contribution >= 4 is 24.3 Å². The van der Waals surface area contributed by atoms with Gasteiger partial charge in [0.2, 0.25) is 0 Å². The first-order chi connectivity index (χ1) is 5.59. The number of nitrogens with two attached hydrogens (primary N) is 1. The van der Waals surface area contributed by atoms with Crippen molar-refractivity contribution < 1.29 is 9.90 Å². The van der Waals surface area contributed by atoms with Crippen molar-refractivity contribution in [1.29, 1.82) is 0 Å². The number of nitrogen functional groups attached to an aromatic ring is 1. The average molecular weight is 206 g/mol. The van der Waals surface area contributed by atoms with Crippen molar-refractivity contribution in [3.63, 3.8) is 0 Å². The van der Waals surface area contributed by atoms with Crippen LogP contribution in [0.3, 0.4) is 0 Å². The number of aliphatic carboxylic acids is 1. The Morgan fingerprint density at radius 2 is 2.31 bits per heavy atom. The number of hydrogen-bond acceptors (Lipinski definition) is 4. The molecule has 1 aromatic rings. The average Bonchev–Trinajstić information content (AvgIpc) is 1.94. The largest absolute Gasteiger partial charge is 0.481 e. The van der Waals surface area contributed by atoms with E-state index in [1.54, 1.807) is 0 Å². The van der Waals surface area contributed by atoms with Crippen LogP contribution >= 0.6 is 12.4 Å². The van der Waals surface area contributed by atoms with Crippen LogP contribution in [0.25, 0.3) is 0 Å². The van der Waals surface area contributed by atoms with Gasteiger partial charge in [0.1, 0.15) is 0 Å². The SMILES string of the molecule is Cl.Nc1ncc(CC(=O)O)c(=O)[nH]1. The van der Waals surface area contributed by atoms with E-state index in [0.29, 0.717) is 0 Å². The molecule has 0 aromatic carbocycles. The fourth-order valence-corrected chi connectivity index (χ4v) is 0.724. The number of aromatic amines is 1. The molecule has 0 unspecified atom stereocenters. The van der Waals surface area contributed by atoms with Gasteiger partial charge in [0.05, 0.1) is 6.42 Å². The molecule has 0 aliphatic rings. The van der Waals surface area contributed by atoms with Crippen molar-refractivity contribution in [3.05, 3.63) is 22.1 Å². The minimum absolute atomic E-state index is 0. The molecule has 7 heteroatoms. The summed E-state index contributed by atoms with van der Waals surface area (Å²) in [4.78, 5) is 26.9. The van der Waals surface area contributed by atoms with Gasteiger partial charge >= 0.3 is 5.97 Å². The van der Waals surface area contributed by atoms with Gasteiger partial charge in [-0.15, -0.1) is 12.4 Å². The summed E-state index contributed by atoms with van der Waals surface area (Å²) in [6, 6.07) is 0. The van der Waals surface area contributed by atoms with Gasteiger partial charge in [-0.1, -0.05) is 0 Å². The van der Waals surface area contributed by atoms with Gasteiger partial charge < -0.3 is 10.8 Å². The zero-order valence-electron chi connectivity index (χ0n) is 6.48. The van der Waals surface area contributed by atoms with Crippen molar-refractivity contribution in [2.75, 3.05) is 5.73 Å². The number of carboxylic acid groups (broad SMARTS) is 1. The number of aromatic nitrogens is 2. The molecule has 1 heterocycles. The lowest BCUT2D eigenvalue weighted by Crippen LogP contribution is -2.18. The van der Waals surface area contributed by atoms with E-state index < -0.39 is 11.5 Å². The van der Waals surface area contributed by atoms with Crippen molar-refractivity contribution in [1.82, 2.24) is 9.97 Å². The maximum Gasteiger partial charge on any atom is 0.308 e. The van der Waals surface area contributed by atoms with Crippen LogP contribution in [0.2, 0.25) is 0 Å². The number of carbonyl (C=O) groups is 1. The summed E-state index contributed by atoms with van der Waals surface area (Å²) >= 11 is 0. The Morgan fingerprint density at radius 3 is 2.77 bits per heavy atom. The molecule has 0 spiro atoms. The Hall–Kier alpha value is -1.56. The standard InChI is InChI=1S/C6H7N3O3.ClH/c7-6-8-2-3(1-4(10)11)5(12)9-6;/h2H,1H2,(H,10,11)(H3,7,8,9,12);1H. The summed E-state index contributed by atoms with van der Waals surface area (Å²) in [5.74, 6) is -1.10. The van der Waals surface area contributed by atoms with Gasteiger partial charge in [-0.25, -0.2) is 4.98 Å². The fourth-order valence-electron chi connectivity index (χ4n) is 0.724. The molecule has 0 bridgehead atoms. The normalized spacial score (nSPS) is 8.92. The molecule has 0 saturated carbocycles. The van der Waals surface area contributed by atoms with E-state index in [-0.39, 0.29) is 30.3 Å². The summed E-state index contributed by atoms with van der Waals surface area (Å²) in [6.45, 7) is 0. The van der Waals surface area contributed by atoms with Gasteiger partial charge in [0.25, 0.3) is 5.56 Å². The third kappa shape index (κ3) is 3.12. The number of nitrogens with zero attached hydrogens (tertiary/aromatic N) is 1. The molecule has 0 saturated heterocycles. The van der Waals surface area contributed by atoms with Crippen LogP contribution in [0.4, 0.5) is 5.95 Å². The highest BCUT2D eigenvalue weighted by Crippen LogP contribution is 1.91. The van der Waals surface area contributed by atoms with E-state index in [1.165, 1.54) is 0 Å². The highest BCUT2D eigenvalue weighted by molar-refractivity contribution is 5.85. The minimum atomic E-state index is -1.08. The first-order valence-corrected chi connectivity index (χ1v) is 3.15. The number of anilines is 1. The van der Waals surface area contributed by atoms with E-state index in [2.05, 4.69) is 9.97 Å². The third-order valence-electron chi connectivity index (χ3n) is 1.23. The summed E-state index contributed by atoms with van der Waals surface area (Å²) in [6.07, 6.45) is 0.810. The van der Waals surface area contributed by atoms with Crippen molar-refractivity contribution in [2.45, 2.75) is 6.42 Å². The maximum absolute atomic E-state index is 10.9. The van der Waals surface area contributed by atoms with Crippen LogP contribution in [-0.4, -0.2) is 21.0 Å². The number of H-pyrrole nitrogens is 1. The molecule has 72 valence electrons. The molecular weight excluding hydrogens is 198 g/mol. The summed E-state index contributed by atoms with van der Waals surface area (Å²) in [7, 11) is 0. The second kappa shape index (κ2) is 4.46. The van der Waals surface area contributed by atoms with Crippen molar-refractivity contribution in [2.24, 2.45) is 0 Å². The molecule has 0 amide bonds. The van der Waals surface area contributed by atoms with Crippen LogP contribution in [-0.2, 0) is 11.2 Å². The molecule has 13 heavy (non-hydrogen) atoms. The van der Waals surface area contributed by atoms with Gasteiger partial charge in [0, 0.05) is 11.8 Å². The molecule has 0 aliphatic carbocycles. The second-order valence-corrected chi connectivity index (χ2v) is 2.19. The topological polar surface area (TPSA) is 109 Å². The number of carboxylic acids is 1. The zero-order chi connectivity index (χ0) is 9.14. The van der Waals surface area contributed by atoms with Gasteiger partial charge in [-0.2, -0.15) is 0 Å². The number of rotatable bonds is 2. The van der Waals surface area contributed by atoms with E-state index >= 15 is 0 Å². The maximum atomic E-state index is 10.9. The number of halogens is 1. The van der Waals surface area contributed by atoms with E-state index in [9.17, 15) is 9.59 Å². The second-order valence-electron chi connectivity index (χ2n) is 2.19. The Labute approximate surface area is 79.2 Å². The molecule has 0 fully saturated rings. The lowest BCUT2D eigenvalue weighted by molar-refractivity contribution is -0.136. The summed E-state index contributed by atoms with van der Waals surface area (Å²) < 4.78 is 0. The Bertz CT molecular complexity index is 362. The molecule has 0 aliphatic heterocycles. The smallest absolute Gasteiger partial charge is 0.308 e. The predicted molar refractivity (Wildman–Crippen MR) is 47.9 cm³/mol. The fraction of sp³-hybridized carbons (Fsp3) is 0.167. The summed E-state index contributed by atoms with van der Waals surface area (Å²) in [5, 5.41) is 8.35. The summed E-state index contributed by atoms with van der Waals surface area (Å²) in [5.41, 5.74) is 4.73. The molecule has 1 rings (SSSR count). The number of hydrogen-bond donors (Lipinski definition) is 3. The molecule has 0 radical (unpaired) electrons. The monoisotopic (exact) mass is 205 g/mol. The highest BCUT2D eigenvalue weighted by atomic mass is 35.5. The number of nitrogens with one attached hydrogen (secondary N) is 1. The van der Waals surface area contributed by atoms with Crippen LogP contribution in [0.15, 0.2) is 11.0 Å². The van der Waals surface area contributed by atoms with Crippen molar-refractivity contribution in [3.8, 4) is 0 Å². The zero-order valence-corrected chi connectivity index (χ0v) is 7.30. The highest BCUT2D eigenvalue weighted by Gasteiger charge is 2.05. The first kappa shape index (κ1) is 11.4. The Kier molecular flexibility index (Phi) is 3.93. The van der Waals surface area contributed by atoms with Gasteiger partial charge in [-0.3, -0.25) is 14.6 Å². The predicted octanol–water partition coefficient (Wildman–Crippen LogP) is -0.599. The molecule has 1 aromatic heterocycles. The minimum Gasteiger partial charge on any atom is -0.481 e. The lowest BCUT2D eigenvalue weighted by Gasteiger charge is -1.95. The van der Waals surface area contributed by atoms with E-state index in [0.717, 1.165) is 6.20 Å². The van der Waals surface area contributed by atoms with Gasteiger partial charge in [0.15, 0.2) is 5.95 Å². The molecule has 4 N–H and O–H groups in total. The Morgan fingerprint density at radius 1 is 1.69 bits per heavy atom. The first-order valence-electron chi connectivity index (χ1n) is 3.15. The van der Waals surface area contributed by atoms with Gasteiger partial charge in [-0.05, 0) is 0 Å². The Balaban J connectivity index is 0.00000144. The van der Waals surface area contributed by atoms with Crippen LogP contribution < -0.4 is 11.3 Å². The van der Waals surface area contributed by atoms with Crippen LogP contribution in [0.1, 0.15) is 5.56 Å². The molecule has 0 atom stereocenters. The van der Waals surface area contributed by atoms with E-state index in [1.807, 2.05) is 0 Å². The lowest BCUT2D eigenvalue weighted by atomic mass is 10.2. The molecule has 6 nitrogen and oxygen atoms in total.